The first-order chi connectivity index (χ1) is 8.29. The molecule has 0 aromatic carbocycles. The van der Waals surface area contributed by atoms with Gasteiger partial charge in [-0.3, -0.25) is 4.68 Å². The first-order valence-corrected chi connectivity index (χ1v) is 7.77. The summed E-state index contributed by atoms with van der Waals surface area (Å²) in [5, 5.41) is 8.12. The van der Waals surface area contributed by atoms with Gasteiger partial charge in [0.2, 0.25) is 0 Å². The molecule has 0 amide bonds. The van der Waals surface area contributed by atoms with Gasteiger partial charge in [-0.15, -0.1) is 0 Å². The molecule has 0 bridgehead atoms. The third-order valence-electron chi connectivity index (χ3n) is 3.47. The van der Waals surface area contributed by atoms with E-state index < -0.39 is 0 Å². The van der Waals surface area contributed by atoms with Crippen molar-refractivity contribution in [3.05, 3.63) is 18.0 Å². The molecule has 4 heteroatoms. The Kier molecular flexibility index (Phi) is 4.92. The Morgan fingerprint density at radius 1 is 1.65 bits per heavy atom. The summed E-state index contributed by atoms with van der Waals surface area (Å²) in [6, 6.07) is 2.64. The zero-order chi connectivity index (χ0) is 12.1. The highest BCUT2D eigenvalue weighted by atomic mass is 32.2. The molecule has 1 aromatic rings. The van der Waals surface area contributed by atoms with E-state index >= 15 is 0 Å². The topological polar surface area (TPSA) is 29.9 Å². The van der Waals surface area contributed by atoms with Gasteiger partial charge in [0.15, 0.2) is 0 Å². The third-order valence-corrected chi connectivity index (χ3v) is 4.70. The highest BCUT2D eigenvalue weighted by molar-refractivity contribution is 7.99. The lowest BCUT2D eigenvalue weighted by molar-refractivity contribution is 0.467. The second kappa shape index (κ2) is 6.45. The molecule has 1 aromatic heterocycles. The maximum absolute atomic E-state index is 4.59. The average molecular weight is 253 g/mol. The van der Waals surface area contributed by atoms with Crippen LogP contribution in [0.25, 0.3) is 0 Å². The van der Waals surface area contributed by atoms with Crippen LogP contribution in [0.2, 0.25) is 0 Å². The minimum atomic E-state index is 0.509. The summed E-state index contributed by atoms with van der Waals surface area (Å²) < 4.78 is 2.07. The number of thioether (sulfide) groups is 1. The van der Waals surface area contributed by atoms with Crippen molar-refractivity contribution in [3.63, 3.8) is 0 Å². The van der Waals surface area contributed by atoms with Crippen LogP contribution in [0.4, 0.5) is 0 Å². The number of rotatable bonds is 6. The molecular formula is C13H23N3S. The molecule has 0 radical (unpaired) electrons. The molecule has 2 rings (SSSR count). The largest absolute Gasteiger partial charge is 0.311 e. The van der Waals surface area contributed by atoms with Gasteiger partial charge in [-0.05, 0) is 49.8 Å². The van der Waals surface area contributed by atoms with Crippen LogP contribution < -0.4 is 5.32 Å². The van der Waals surface area contributed by atoms with Gasteiger partial charge in [0.1, 0.15) is 0 Å². The van der Waals surface area contributed by atoms with Crippen LogP contribution in [0.15, 0.2) is 12.3 Å². The summed E-state index contributed by atoms with van der Waals surface area (Å²) in [7, 11) is 0. The molecule has 2 atom stereocenters. The Balaban J connectivity index is 1.73. The Bertz CT molecular complexity index is 331. The second-order valence-electron chi connectivity index (χ2n) is 4.90. The van der Waals surface area contributed by atoms with Crippen LogP contribution >= 0.6 is 11.8 Å². The molecule has 1 saturated heterocycles. The molecule has 0 saturated carbocycles. The second-order valence-corrected chi connectivity index (χ2v) is 6.05. The fraction of sp³-hybridized carbons (Fsp3) is 0.769. The lowest BCUT2D eigenvalue weighted by atomic mass is 10.1. The van der Waals surface area contributed by atoms with E-state index in [9.17, 15) is 0 Å². The van der Waals surface area contributed by atoms with E-state index in [0.717, 1.165) is 31.1 Å². The van der Waals surface area contributed by atoms with Crippen LogP contribution in [0.3, 0.4) is 0 Å². The maximum atomic E-state index is 4.59. The van der Waals surface area contributed by atoms with Crippen molar-refractivity contribution in [1.29, 1.82) is 0 Å². The van der Waals surface area contributed by atoms with Crippen molar-refractivity contribution in [2.45, 2.75) is 39.3 Å². The predicted octanol–water partition coefficient (Wildman–Crippen LogP) is 2.70. The molecule has 2 unspecified atom stereocenters. The summed E-state index contributed by atoms with van der Waals surface area (Å²) in [5.41, 5.74) is 1.16. The number of nitrogens with one attached hydrogen (secondary N) is 1. The average Bonchev–Trinajstić information content (AvgIpc) is 2.99. The Morgan fingerprint density at radius 2 is 2.53 bits per heavy atom. The lowest BCUT2D eigenvalue weighted by Gasteiger charge is -2.09. The maximum Gasteiger partial charge on any atom is 0.0762 e. The SMILES string of the molecule is CCC(C)n1ccc(CNCC2CCSC2)n1. The predicted molar refractivity (Wildman–Crippen MR) is 74.4 cm³/mol. The van der Waals surface area contributed by atoms with Crippen LogP contribution in [-0.4, -0.2) is 27.8 Å². The molecule has 3 nitrogen and oxygen atoms in total. The van der Waals surface area contributed by atoms with Crippen LogP contribution in [0.1, 0.15) is 38.4 Å². The van der Waals surface area contributed by atoms with Crippen LogP contribution in [0, 0.1) is 5.92 Å². The molecule has 1 N–H and O–H groups in total. The van der Waals surface area contributed by atoms with Crippen molar-refractivity contribution >= 4 is 11.8 Å². The third kappa shape index (κ3) is 3.75. The molecule has 1 aliphatic rings. The minimum Gasteiger partial charge on any atom is -0.311 e. The minimum absolute atomic E-state index is 0.509. The Morgan fingerprint density at radius 3 is 3.24 bits per heavy atom. The molecule has 1 fully saturated rings. The van der Waals surface area contributed by atoms with Crippen LogP contribution in [0.5, 0.6) is 0 Å². The smallest absolute Gasteiger partial charge is 0.0762 e. The highest BCUT2D eigenvalue weighted by Gasteiger charge is 2.14. The summed E-state index contributed by atoms with van der Waals surface area (Å²) >= 11 is 2.08. The fourth-order valence-electron chi connectivity index (χ4n) is 2.05. The summed E-state index contributed by atoms with van der Waals surface area (Å²) in [6.07, 6.45) is 4.60. The molecule has 2 heterocycles. The van der Waals surface area contributed by atoms with Gasteiger partial charge in [-0.25, -0.2) is 0 Å². The standard InChI is InChI=1S/C13H23N3S/c1-3-11(2)16-6-4-13(15-16)9-14-8-12-5-7-17-10-12/h4,6,11-12,14H,3,5,7-10H2,1-2H3. The fourth-order valence-corrected chi connectivity index (χ4v) is 3.34. The normalized spacial score (nSPS) is 21.9. The van der Waals surface area contributed by atoms with Gasteiger partial charge in [-0.2, -0.15) is 16.9 Å². The van der Waals surface area contributed by atoms with E-state index in [4.69, 9.17) is 0 Å². The number of aromatic nitrogens is 2. The van der Waals surface area contributed by atoms with E-state index in [2.05, 4.69) is 53.0 Å². The van der Waals surface area contributed by atoms with Crippen molar-refractivity contribution in [3.8, 4) is 0 Å². The Labute approximate surface area is 108 Å². The van der Waals surface area contributed by atoms with Crippen molar-refractivity contribution < 1.29 is 0 Å². The van der Waals surface area contributed by atoms with E-state index in [1.54, 1.807) is 0 Å². The number of hydrogen-bond acceptors (Lipinski definition) is 3. The highest BCUT2D eigenvalue weighted by Crippen LogP contribution is 2.22. The number of hydrogen-bond donors (Lipinski definition) is 1. The van der Waals surface area contributed by atoms with Gasteiger partial charge in [0.25, 0.3) is 0 Å². The van der Waals surface area contributed by atoms with E-state index in [-0.39, 0.29) is 0 Å². The molecule has 0 aliphatic carbocycles. The summed E-state index contributed by atoms with van der Waals surface area (Å²) in [5.74, 6) is 3.54. The zero-order valence-electron chi connectivity index (χ0n) is 10.9. The van der Waals surface area contributed by atoms with E-state index in [1.807, 2.05) is 0 Å². The summed E-state index contributed by atoms with van der Waals surface area (Å²) in [6.45, 7) is 6.45. The van der Waals surface area contributed by atoms with Gasteiger partial charge in [0.05, 0.1) is 5.69 Å². The molecule has 1 aliphatic heterocycles. The monoisotopic (exact) mass is 253 g/mol. The van der Waals surface area contributed by atoms with E-state index in [1.165, 1.54) is 17.9 Å². The zero-order valence-corrected chi connectivity index (χ0v) is 11.7. The van der Waals surface area contributed by atoms with Crippen molar-refractivity contribution in [2.24, 2.45) is 5.92 Å². The molecule has 96 valence electrons. The van der Waals surface area contributed by atoms with Crippen molar-refractivity contribution in [2.75, 3.05) is 18.1 Å². The van der Waals surface area contributed by atoms with Gasteiger partial charge in [0, 0.05) is 18.8 Å². The van der Waals surface area contributed by atoms with Gasteiger partial charge < -0.3 is 5.32 Å². The Hall–Kier alpha value is -0.480. The van der Waals surface area contributed by atoms with Crippen molar-refractivity contribution in [1.82, 2.24) is 15.1 Å². The molecule has 17 heavy (non-hydrogen) atoms. The van der Waals surface area contributed by atoms with Crippen LogP contribution in [-0.2, 0) is 6.54 Å². The quantitative estimate of drug-likeness (QED) is 0.845. The number of nitrogens with zero attached hydrogens (tertiary/aromatic N) is 2. The molecule has 0 spiro atoms. The summed E-state index contributed by atoms with van der Waals surface area (Å²) in [4.78, 5) is 0. The first kappa shape index (κ1) is 13.0. The van der Waals surface area contributed by atoms with Gasteiger partial charge in [-0.1, -0.05) is 6.92 Å². The lowest BCUT2D eigenvalue weighted by Crippen LogP contribution is -2.22. The molecular weight excluding hydrogens is 230 g/mol. The van der Waals surface area contributed by atoms with Gasteiger partial charge >= 0.3 is 0 Å². The first-order valence-electron chi connectivity index (χ1n) is 6.62. The van der Waals surface area contributed by atoms with E-state index in [0.29, 0.717) is 6.04 Å².